The highest BCUT2D eigenvalue weighted by Gasteiger charge is 2.42. The van der Waals surface area contributed by atoms with Crippen LogP contribution in [0.15, 0.2) is 0 Å². The molecule has 0 amide bonds. The lowest BCUT2D eigenvalue weighted by atomic mass is 10.1. The van der Waals surface area contributed by atoms with E-state index in [1.54, 1.807) is 0 Å². The Morgan fingerprint density at radius 3 is 2.13 bits per heavy atom. The molecule has 15 heavy (non-hydrogen) atoms. The lowest BCUT2D eigenvalue weighted by molar-refractivity contribution is -0.126. The maximum absolute atomic E-state index is 11.8. The molecule has 1 fully saturated rings. The maximum Gasteiger partial charge on any atom is 0.193 e. The Kier molecular flexibility index (Phi) is 3.46. The molecule has 1 aliphatic rings. The minimum Gasteiger partial charge on any atom is -0.407 e. The van der Waals surface area contributed by atoms with Crippen LogP contribution < -0.4 is 0 Å². The number of carbonyl (C=O) groups is 1. The minimum absolute atomic E-state index is 0.110. The molecule has 0 radical (unpaired) electrons. The summed E-state index contributed by atoms with van der Waals surface area (Å²) in [4.78, 5) is 11.8. The van der Waals surface area contributed by atoms with Gasteiger partial charge in [-0.3, -0.25) is 4.79 Å². The lowest BCUT2D eigenvalue weighted by Gasteiger charge is -2.38. The zero-order valence-corrected chi connectivity index (χ0v) is 11.9. The second kappa shape index (κ2) is 4.02. The average Bonchev–Trinajstić information content (AvgIpc) is 2.33. The third kappa shape index (κ3) is 2.70. The SMILES string of the molecule is C[C@@H]1CC[C@H](O[Si](C)(C)C(C)(C)C)C1=O. The van der Waals surface area contributed by atoms with Crippen molar-refractivity contribution in [1.82, 2.24) is 0 Å². The van der Waals surface area contributed by atoms with Crippen molar-refractivity contribution >= 4 is 14.1 Å². The molecule has 0 heterocycles. The molecule has 0 unspecified atom stereocenters. The van der Waals surface area contributed by atoms with Crippen molar-refractivity contribution in [2.24, 2.45) is 5.92 Å². The normalized spacial score (nSPS) is 28.5. The monoisotopic (exact) mass is 228 g/mol. The van der Waals surface area contributed by atoms with E-state index in [-0.39, 0.29) is 17.1 Å². The number of Topliss-reactive ketones (excluding diaryl/α,β-unsaturated/α-hetero) is 1. The predicted octanol–water partition coefficient (Wildman–Crippen LogP) is 3.38. The summed E-state index contributed by atoms with van der Waals surface area (Å²) in [6, 6.07) is 0. The van der Waals surface area contributed by atoms with Crippen LogP contribution in [0.1, 0.15) is 40.5 Å². The van der Waals surface area contributed by atoms with Gasteiger partial charge in [-0.05, 0) is 31.0 Å². The highest BCUT2D eigenvalue weighted by atomic mass is 28.4. The van der Waals surface area contributed by atoms with Gasteiger partial charge in [0.25, 0.3) is 0 Å². The van der Waals surface area contributed by atoms with E-state index in [0.717, 1.165) is 12.8 Å². The first kappa shape index (κ1) is 12.9. The van der Waals surface area contributed by atoms with Crippen molar-refractivity contribution < 1.29 is 9.22 Å². The molecule has 0 aromatic rings. The summed E-state index contributed by atoms with van der Waals surface area (Å²) in [5.74, 6) is 0.527. The first-order valence-corrected chi connectivity index (χ1v) is 8.77. The Labute approximate surface area is 94.5 Å². The summed E-state index contributed by atoms with van der Waals surface area (Å²) >= 11 is 0. The van der Waals surface area contributed by atoms with E-state index in [0.29, 0.717) is 5.78 Å². The molecule has 0 aromatic carbocycles. The summed E-state index contributed by atoms with van der Waals surface area (Å²) in [7, 11) is -1.76. The molecule has 88 valence electrons. The summed E-state index contributed by atoms with van der Waals surface area (Å²) in [5, 5.41) is 0.194. The van der Waals surface area contributed by atoms with Crippen molar-refractivity contribution in [3.8, 4) is 0 Å². The third-order valence-electron chi connectivity index (χ3n) is 3.91. The fraction of sp³-hybridized carbons (Fsp3) is 0.917. The first-order valence-electron chi connectivity index (χ1n) is 5.87. The van der Waals surface area contributed by atoms with Gasteiger partial charge in [0.15, 0.2) is 14.1 Å². The molecule has 2 nitrogen and oxygen atoms in total. The van der Waals surface area contributed by atoms with Crippen LogP contribution in [-0.2, 0) is 9.22 Å². The molecule has 0 aliphatic heterocycles. The highest BCUT2D eigenvalue weighted by molar-refractivity contribution is 6.74. The molecule has 3 heteroatoms. The van der Waals surface area contributed by atoms with Crippen molar-refractivity contribution in [3.63, 3.8) is 0 Å². The van der Waals surface area contributed by atoms with Gasteiger partial charge in [-0.1, -0.05) is 27.7 Å². The van der Waals surface area contributed by atoms with Crippen molar-refractivity contribution in [2.45, 2.75) is 64.8 Å². The van der Waals surface area contributed by atoms with Gasteiger partial charge in [0.1, 0.15) is 6.10 Å². The largest absolute Gasteiger partial charge is 0.407 e. The standard InChI is InChI=1S/C12H24O2Si/c1-9-7-8-10(11(9)13)14-15(5,6)12(2,3)4/h9-10H,7-8H2,1-6H3/t9-,10+/m1/s1. The zero-order chi connectivity index (χ0) is 11.9. The van der Waals surface area contributed by atoms with E-state index in [9.17, 15) is 4.79 Å². The quantitative estimate of drug-likeness (QED) is 0.677. The number of hydrogen-bond donors (Lipinski definition) is 0. The molecule has 0 spiro atoms. The lowest BCUT2D eigenvalue weighted by Crippen LogP contribution is -2.45. The van der Waals surface area contributed by atoms with Crippen molar-refractivity contribution in [3.05, 3.63) is 0 Å². The molecule has 0 saturated heterocycles. The van der Waals surface area contributed by atoms with Gasteiger partial charge >= 0.3 is 0 Å². The van der Waals surface area contributed by atoms with Crippen LogP contribution in [0.25, 0.3) is 0 Å². The molecule has 0 bridgehead atoms. The van der Waals surface area contributed by atoms with Gasteiger partial charge in [-0.2, -0.15) is 0 Å². The topological polar surface area (TPSA) is 26.3 Å². The van der Waals surface area contributed by atoms with Gasteiger partial charge < -0.3 is 4.43 Å². The van der Waals surface area contributed by atoms with E-state index in [1.165, 1.54) is 0 Å². The maximum atomic E-state index is 11.8. The predicted molar refractivity (Wildman–Crippen MR) is 65.5 cm³/mol. The Morgan fingerprint density at radius 1 is 1.27 bits per heavy atom. The molecule has 2 atom stereocenters. The van der Waals surface area contributed by atoms with E-state index < -0.39 is 8.32 Å². The fourth-order valence-electron chi connectivity index (χ4n) is 1.65. The fourth-order valence-corrected chi connectivity index (χ4v) is 2.95. The van der Waals surface area contributed by atoms with Crippen LogP contribution in [0, 0.1) is 5.92 Å². The summed E-state index contributed by atoms with van der Waals surface area (Å²) in [5.41, 5.74) is 0. The van der Waals surface area contributed by atoms with Crippen LogP contribution >= 0.6 is 0 Å². The van der Waals surface area contributed by atoms with Crippen molar-refractivity contribution in [2.75, 3.05) is 0 Å². The van der Waals surface area contributed by atoms with Crippen molar-refractivity contribution in [1.29, 1.82) is 0 Å². The Bertz CT molecular complexity index is 253. The zero-order valence-electron chi connectivity index (χ0n) is 10.9. The molecule has 0 aromatic heterocycles. The van der Waals surface area contributed by atoms with Gasteiger partial charge in [0.2, 0.25) is 0 Å². The summed E-state index contributed by atoms with van der Waals surface area (Å²) in [6.45, 7) is 13.1. The molecule has 1 aliphatic carbocycles. The minimum atomic E-state index is -1.76. The van der Waals surface area contributed by atoms with Crippen LogP contribution in [-0.4, -0.2) is 20.2 Å². The summed E-state index contributed by atoms with van der Waals surface area (Å²) < 4.78 is 6.14. The molecule has 0 N–H and O–H groups in total. The van der Waals surface area contributed by atoms with Gasteiger partial charge in [-0.15, -0.1) is 0 Å². The second-order valence-corrected chi connectivity index (χ2v) is 11.0. The van der Waals surface area contributed by atoms with Gasteiger partial charge in [0.05, 0.1) is 0 Å². The molecular formula is C12H24O2Si. The molecule has 1 saturated carbocycles. The first-order chi connectivity index (χ1) is 6.65. The van der Waals surface area contributed by atoms with Gasteiger partial charge in [0, 0.05) is 5.92 Å². The average molecular weight is 228 g/mol. The van der Waals surface area contributed by atoms with Crippen LogP contribution in [0.5, 0.6) is 0 Å². The van der Waals surface area contributed by atoms with Crippen LogP contribution in [0.3, 0.4) is 0 Å². The van der Waals surface area contributed by atoms with E-state index in [2.05, 4.69) is 33.9 Å². The number of rotatable bonds is 2. The van der Waals surface area contributed by atoms with Crippen LogP contribution in [0.4, 0.5) is 0 Å². The number of ketones is 1. The summed E-state index contributed by atoms with van der Waals surface area (Å²) in [6.07, 6.45) is 1.81. The third-order valence-corrected chi connectivity index (χ3v) is 8.39. The Hall–Kier alpha value is -0.153. The highest BCUT2D eigenvalue weighted by Crippen LogP contribution is 2.39. The van der Waals surface area contributed by atoms with E-state index in [1.807, 2.05) is 6.92 Å². The molecule has 1 rings (SSSR count). The van der Waals surface area contributed by atoms with Crippen LogP contribution in [0.2, 0.25) is 18.1 Å². The Morgan fingerprint density at radius 2 is 1.80 bits per heavy atom. The van der Waals surface area contributed by atoms with E-state index in [4.69, 9.17) is 4.43 Å². The number of carbonyl (C=O) groups excluding carboxylic acids is 1. The Balaban J connectivity index is 2.67. The number of hydrogen-bond acceptors (Lipinski definition) is 2. The second-order valence-electron chi connectivity index (χ2n) is 6.25. The van der Waals surface area contributed by atoms with Gasteiger partial charge in [-0.25, -0.2) is 0 Å². The smallest absolute Gasteiger partial charge is 0.193 e. The van der Waals surface area contributed by atoms with E-state index >= 15 is 0 Å². The molecular weight excluding hydrogens is 204 g/mol.